The lowest BCUT2D eigenvalue weighted by Gasteiger charge is -2.34. The largest absolute Gasteiger partial charge is 0.505 e. The molecule has 208 valence electrons. The van der Waals surface area contributed by atoms with Crippen LogP contribution < -0.4 is 4.90 Å². The van der Waals surface area contributed by atoms with E-state index in [4.69, 9.17) is 9.47 Å². The third kappa shape index (κ3) is 5.82. The first kappa shape index (κ1) is 27.2. The first-order valence-electron chi connectivity index (χ1n) is 14.1. The second kappa shape index (κ2) is 11.8. The van der Waals surface area contributed by atoms with Gasteiger partial charge in [0.2, 0.25) is 0 Å². The number of aliphatic hydroxyl groups is 1. The molecule has 39 heavy (non-hydrogen) atoms. The summed E-state index contributed by atoms with van der Waals surface area (Å²) in [5.74, 6) is -0.646. The Morgan fingerprint density at radius 2 is 1.79 bits per heavy atom. The van der Waals surface area contributed by atoms with Crippen LogP contribution in [0.4, 0.5) is 5.69 Å². The van der Waals surface area contributed by atoms with E-state index in [9.17, 15) is 9.90 Å². The number of carbonyl (C=O) groups is 1. The van der Waals surface area contributed by atoms with Crippen molar-refractivity contribution in [1.29, 1.82) is 0 Å². The number of aliphatic hydroxyl groups excluding tert-OH is 1. The summed E-state index contributed by atoms with van der Waals surface area (Å²) in [5.41, 5.74) is 7.05. The zero-order valence-electron chi connectivity index (χ0n) is 23.6. The van der Waals surface area contributed by atoms with E-state index in [1.54, 1.807) is 13.8 Å². The fourth-order valence-corrected chi connectivity index (χ4v) is 6.02. The van der Waals surface area contributed by atoms with E-state index in [0.717, 1.165) is 70.0 Å². The van der Waals surface area contributed by atoms with Gasteiger partial charge < -0.3 is 24.0 Å². The van der Waals surface area contributed by atoms with Crippen LogP contribution in [0.2, 0.25) is 0 Å². The number of nitrogens with zero attached hydrogens (tertiary/aromatic N) is 4. The minimum Gasteiger partial charge on any atom is -0.505 e. The van der Waals surface area contributed by atoms with Gasteiger partial charge in [-0.1, -0.05) is 12.1 Å². The Hall–Kier alpha value is -3.36. The van der Waals surface area contributed by atoms with Crippen LogP contribution in [0.5, 0.6) is 0 Å². The molecule has 0 unspecified atom stereocenters. The molecule has 0 bridgehead atoms. The van der Waals surface area contributed by atoms with Crippen molar-refractivity contribution < 1.29 is 19.4 Å². The molecule has 2 aromatic rings. The number of anilines is 1. The Labute approximate surface area is 231 Å². The van der Waals surface area contributed by atoms with Crippen LogP contribution >= 0.6 is 0 Å². The van der Waals surface area contributed by atoms with E-state index in [-0.39, 0.29) is 17.9 Å². The number of morpholine rings is 1. The molecule has 0 saturated carbocycles. The lowest BCUT2D eigenvalue weighted by molar-refractivity contribution is -0.138. The summed E-state index contributed by atoms with van der Waals surface area (Å²) < 4.78 is 13.0. The average molecular weight is 533 g/mol. The van der Waals surface area contributed by atoms with E-state index >= 15 is 0 Å². The molecule has 8 nitrogen and oxygen atoms in total. The fourth-order valence-electron chi connectivity index (χ4n) is 6.02. The Bertz CT molecular complexity index is 1290. The van der Waals surface area contributed by atoms with Crippen molar-refractivity contribution in [2.45, 2.75) is 53.1 Å². The highest BCUT2D eigenvalue weighted by Gasteiger charge is 2.29. The van der Waals surface area contributed by atoms with Gasteiger partial charge in [-0.05, 0) is 75.9 Å². The average Bonchev–Trinajstić information content (AvgIpc) is 3.38. The fraction of sp³-hybridized carbons (Fsp3) is 0.484. The number of hydrogen-bond acceptors (Lipinski definition) is 7. The summed E-state index contributed by atoms with van der Waals surface area (Å²) >= 11 is 0. The normalized spacial score (nSPS) is 20.2. The second-order valence-corrected chi connectivity index (χ2v) is 10.6. The van der Waals surface area contributed by atoms with Gasteiger partial charge in [-0.25, -0.2) is 9.79 Å². The molecule has 0 spiro atoms. The number of piperidine rings is 1. The number of likely N-dealkylation sites (tertiary alicyclic amines) is 1. The minimum atomic E-state index is -0.537. The van der Waals surface area contributed by atoms with E-state index < -0.39 is 5.97 Å². The van der Waals surface area contributed by atoms with E-state index in [1.807, 2.05) is 6.08 Å². The SMILES string of the molecule is CCOC(=O)C1=C(O)/C(=C\c2cc(C)n(C3CCN(Cc4ccc(N5CCOCC5)cc4)CC3)c2C)N=C1C. The van der Waals surface area contributed by atoms with Crippen molar-refractivity contribution in [2.24, 2.45) is 4.99 Å². The van der Waals surface area contributed by atoms with E-state index in [1.165, 1.54) is 16.9 Å². The topological polar surface area (TPSA) is 79.5 Å². The first-order valence-corrected chi connectivity index (χ1v) is 14.1. The van der Waals surface area contributed by atoms with Crippen LogP contribution in [-0.4, -0.2) is 72.3 Å². The number of benzene rings is 1. The summed E-state index contributed by atoms with van der Waals surface area (Å²) in [5, 5.41) is 10.7. The molecule has 2 fully saturated rings. The summed E-state index contributed by atoms with van der Waals surface area (Å²) in [6.07, 6.45) is 4.06. The molecule has 3 aliphatic rings. The van der Waals surface area contributed by atoms with Crippen LogP contribution in [0, 0.1) is 13.8 Å². The van der Waals surface area contributed by atoms with Crippen molar-refractivity contribution in [1.82, 2.24) is 9.47 Å². The molecule has 1 N–H and O–H groups in total. The van der Waals surface area contributed by atoms with Crippen molar-refractivity contribution in [2.75, 3.05) is 50.9 Å². The second-order valence-electron chi connectivity index (χ2n) is 10.6. The molecule has 0 aliphatic carbocycles. The number of aromatic nitrogens is 1. The maximum atomic E-state index is 12.3. The number of aryl methyl sites for hydroxylation is 1. The maximum Gasteiger partial charge on any atom is 0.343 e. The van der Waals surface area contributed by atoms with Crippen molar-refractivity contribution in [3.8, 4) is 0 Å². The number of aliphatic imine (C=N–C) groups is 1. The lowest BCUT2D eigenvalue weighted by atomic mass is 10.0. The lowest BCUT2D eigenvalue weighted by Crippen LogP contribution is -2.36. The number of esters is 1. The molecule has 0 radical (unpaired) electrons. The third-order valence-corrected chi connectivity index (χ3v) is 8.07. The Balaban J connectivity index is 1.22. The maximum absolute atomic E-state index is 12.3. The van der Waals surface area contributed by atoms with Gasteiger partial charge >= 0.3 is 5.97 Å². The predicted octanol–water partition coefficient (Wildman–Crippen LogP) is 4.97. The molecule has 1 aromatic heterocycles. The molecule has 5 rings (SSSR count). The predicted molar refractivity (Wildman–Crippen MR) is 154 cm³/mol. The van der Waals surface area contributed by atoms with Gasteiger partial charge in [0.05, 0.1) is 25.5 Å². The van der Waals surface area contributed by atoms with Crippen molar-refractivity contribution >= 4 is 23.4 Å². The van der Waals surface area contributed by atoms with Crippen molar-refractivity contribution in [3.05, 3.63) is 69.9 Å². The standard InChI is InChI=1S/C31H40N4O4/c1-5-39-31(37)29-22(3)32-28(30(29)36)19-25-18-21(2)35(23(25)4)27-10-12-33(13-11-27)20-24-6-8-26(9-7-24)34-14-16-38-17-15-34/h6-9,18-19,27,36H,5,10-17,20H2,1-4H3/b28-19+. The highest BCUT2D eigenvalue weighted by atomic mass is 16.5. The number of rotatable bonds is 7. The Morgan fingerprint density at radius 3 is 2.46 bits per heavy atom. The van der Waals surface area contributed by atoms with Gasteiger partial charge in [0.25, 0.3) is 0 Å². The summed E-state index contributed by atoms with van der Waals surface area (Å²) in [6.45, 7) is 14.6. The molecule has 0 amide bonds. The molecule has 2 saturated heterocycles. The summed E-state index contributed by atoms with van der Waals surface area (Å²) in [4.78, 5) is 21.6. The number of ether oxygens (including phenoxy) is 2. The molecule has 4 heterocycles. The van der Waals surface area contributed by atoms with E-state index in [2.05, 4.69) is 63.5 Å². The van der Waals surface area contributed by atoms with Crippen molar-refractivity contribution in [3.63, 3.8) is 0 Å². The van der Waals surface area contributed by atoms with Gasteiger partial charge in [-0.2, -0.15) is 0 Å². The molecule has 0 atom stereocenters. The molecular weight excluding hydrogens is 492 g/mol. The van der Waals surface area contributed by atoms with Crippen LogP contribution in [0.1, 0.15) is 55.2 Å². The van der Waals surface area contributed by atoms with Crippen LogP contribution in [0.15, 0.2) is 52.4 Å². The minimum absolute atomic E-state index is 0.109. The third-order valence-electron chi connectivity index (χ3n) is 8.07. The summed E-state index contributed by atoms with van der Waals surface area (Å²) in [6, 6.07) is 11.6. The van der Waals surface area contributed by atoms with Gasteiger partial charge in [0.15, 0.2) is 5.76 Å². The molecule has 8 heteroatoms. The smallest absolute Gasteiger partial charge is 0.343 e. The Kier molecular flexibility index (Phi) is 8.23. The van der Waals surface area contributed by atoms with Gasteiger partial charge in [-0.3, -0.25) is 4.90 Å². The number of carbonyl (C=O) groups excluding carboxylic acids is 1. The summed E-state index contributed by atoms with van der Waals surface area (Å²) in [7, 11) is 0. The van der Waals surface area contributed by atoms with Crippen LogP contribution in [0.3, 0.4) is 0 Å². The highest BCUT2D eigenvalue weighted by Crippen LogP contribution is 2.32. The Morgan fingerprint density at radius 1 is 1.10 bits per heavy atom. The molecule has 1 aromatic carbocycles. The first-order chi connectivity index (χ1) is 18.9. The van der Waals surface area contributed by atoms with E-state index in [0.29, 0.717) is 17.5 Å². The zero-order valence-corrected chi connectivity index (χ0v) is 23.6. The van der Waals surface area contributed by atoms with Crippen LogP contribution in [-0.2, 0) is 20.8 Å². The molecular formula is C31H40N4O4. The highest BCUT2D eigenvalue weighted by molar-refractivity contribution is 6.22. The van der Waals surface area contributed by atoms with Gasteiger partial charge in [-0.15, -0.1) is 0 Å². The van der Waals surface area contributed by atoms with Crippen LogP contribution in [0.25, 0.3) is 6.08 Å². The van der Waals surface area contributed by atoms with Gasteiger partial charge in [0, 0.05) is 55.8 Å². The molecule has 3 aliphatic heterocycles. The monoisotopic (exact) mass is 532 g/mol. The zero-order chi connectivity index (χ0) is 27.5. The number of hydrogen-bond donors (Lipinski definition) is 1. The van der Waals surface area contributed by atoms with Gasteiger partial charge in [0.1, 0.15) is 11.3 Å². The quantitative estimate of drug-likeness (QED) is 0.508.